The molecular weight excluding hydrogens is 272 g/mol. The highest BCUT2D eigenvalue weighted by atomic mass is 16.1. The molecule has 0 fully saturated rings. The number of ketones is 2. The van der Waals surface area contributed by atoms with Crippen molar-refractivity contribution in [1.82, 2.24) is 0 Å². The summed E-state index contributed by atoms with van der Waals surface area (Å²) in [6.45, 7) is 8.07. The third-order valence-corrected chi connectivity index (χ3v) is 4.66. The van der Waals surface area contributed by atoms with Crippen LogP contribution in [0.2, 0.25) is 0 Å². The van der Waals surface area contributed by atoms with Gasteiger partial charge in [-0.3, -0.25) is 9.59 Å². The van der Waals surface area contributed by atoms with E-state index in [4.69, 9.17) is 0 Å². The summed E-state index contributed by atoms with van der Waals surface area (Å²) in [5.74, 6) is 0.698. The SMILES string of the molecule is C.CC(C)=CCCC[C@@H]1CC[C@@H](C)C2=C1C(=O)C(C)=CC2=O. The number of carbonyl (C=O) groups is 2. The van der Waals surface area contributed by atoms with Crippen LogP contribution in [0.4, 0.5) is 0 Å². The van der Waals surface area contributed by atoms with Gasteiger partial charge in [-0.1, -0.05) is 26.0 Å². The molecule has 0 heterocycles. The average Bonchev–Trinajstić information content (AvgIpc) is 2.41. The number of unbranched alkanes of at least 4 members (excludes halogenated alkanes) is 1. The van der Waals surface area contributed by atoms with Crippen LogP contribution in [-0.4, -0.2) is 11.6 Å². The summed E-state index contributed by atoms with van der Waals surface area (Å²) in [5.41, 5.74) is 3.61. The Morgan fingerprint density at radius 2 is 1.91 bits per heavy atom. The Balaban J connectivity index is 0.00000242. The molecule has 2 rings (SSSR count). The summed E-state index contributed by atoms with van der Waals surface area (Å²) in [4.78, 5) is 24.8. The maximum atomic E-state index is 12.5. The predicted molar refractivity (Wildman–Crippen MR) is 92.7 cm³/mol. The molecule has 2 heteroatoms. The first-order chi connectivity index (χ1) is 9.91. The van der Waals surface area contributed by atoms with Crippen molar-refractivity contribution >= 4 is 11.6 Å². The second-order valence-corrected chi connectivity index (χ2v) is 6.74. The molecule has 2 atom stereocenters. The number of carbonyl (C=O) groups excluding carboxylic acids is 2. The van der Waals surface area contributed by atoms with Crippen LogP contribution in [0, 0.1) is 11.8 Å². The zero-order valence-corrected chi connectivity index (χ0v) is 13.7. The molecule has 0 bridgehead atoms. The molecule has 0 unspecified atom stereocenters. The zero-order chi connectivity index (χ0) is 15.6. The van der Waals surface area contributed by atoms with Crippen LogP contribution in [0.15, 0.2) is 34.4 Å². The molecule has 0 N–H and O–H groups in total. The molecule has 2 aliphatic carbocycles. The Kier molecular flexibility index (Phi) is 6.52. The van der Waals surface area contributed by atoms with Gasteiger partial charge in [-0.25, -0.2) is 0 Å². The normalized spacial score (nSPS) is 24.5. The van der Waals surface area contributed by atoms with E-state index >= 15 is 0 Å². The van der Waals surface area contributed by atoms with Gasteiger partial charge in [-0.15, -0.1) is 0 Å². The minimum absolute atomic E-state index is 0. The Bertz CT molecular complexity index is 542. The van der Waals surface area contributed by atoms with E-state index in [1.807, 2.05) is 0 Å². The van der Waals surface area contributed by atoms with Gasteiger partial charge in [0.05, 0.1) is 0 Å². The van der Waals surface area contributed by atoms with Crippen LogP contribution in [-0.2, 0) is 9.59 Å². The van der Waals surface area contributed by atoms with Crippen molar-refractivity contribution in [3.05, 3.63) is 34.4 Å². The van der Waals surface area contributed by atoms with E-state index in [-0.39, 0.29) is 30.8 Å². The van der Waals surface area contributed by atoms with E-state index in [1.165, 1.54) is 11.6 Å². The van der Waals surface area contributed by atoms with Gasteiger partial charge >= 0.3 is 0 Å². The first-order valence-corrected chi connectivity index (χ1v) is 8.06. The van der Waals surface area contributed by atoms with Crippen LogP contribution in [0.3, 0.4) is 0 Å². The Hall–Kier alpha value is -1.44. The summed E-state index contributed by atoms with van der Waals surface area (Å²) < 4.78 is 0. The van der Waals surface area contributed by atoms with Gasteiger partial charge in [0.25, 0.3) is 0 Å². The van der Waals surface area contributed by atoms with Gasteiger partial charge in [0, 0.05) is 16.7 Å². The quantitative estimate of drug-likeness (QED) is 0.406. The fourth-order valence-electron chi connectivity index (χ4n) is 3.50. The van der Waals surface area contributed by atoms with Gasteiger partial charge in [-0.05, 0) is 70.8 Å². The Labute approximate surface area is 135 Å². The number of Topliss-reactive ketones (excluding diaryl/α,β-unsaturated/α-hetero) is 1. The van der Waals surface area contributed by atoms with Gasteiger partial charge < -0.3 is 0 Å². The highest BCUT2D eigenvalue weighted by molar-refractivity contribution is 6.23. The number of hydrogen-bond acceptors (Lipinski definition) is 2. The van der Waals surface area contributed by atoms with Crippen molar-refractivity contribution in [3.8, 4) is 0 Å². The third-order valence-electron chi connectivity index (χ3n) is 4.66. The van der Waals surface area contributed by atoms with E-state index in [2.05, 4.69) is 26.8 Å². The number of hydrogen-bond donors (Lipinski definition) is 0. The van der Waals surface area contributed by atoms with Crippen LogP contribution in [0.5, 0.6) is 0 Å². The molecular formula is C20H30O2. The maximum Gasteiger partial charge on any atom is 0.185 e. The highest BCUT2D eigenvalue weighted by Crippen LogP contribution is 2.40. The van der Waals surface area contributed by atoms with Crippen molar-refractivity contribution in [2.24, 2.45) is 11.8 Å². The zero-order valence-electron chi connectivity index (χ0n) is 13.7. The topological polar surface area (TPSA) is 34.1 Å². The molecule has 2 nitrogen and oxygen atoms in total. The predicted octanol–water partition coefficient (Wildman–Crippen LogP) is 5.20. The lowest BCUT2D eigenvalue weighted by Crippen LogP contribution is -2.30. The van der Waals surface area contributed by atoms with E-state index < -0.39 is 0 Å². The second-order valence-electron chi connectivity index (χ2n) is 6.74. The van der Waals surface area contributed by atoms with Crippen LogP contribution < -0.4 is 0 Å². The summed E-state index contributed by atoms with van der Waals surface area (Å²) in [6, 6.07) is 0. The lowest BCUT2D eigenvalue weighted by atomic mass is 9.69. The Morgan fingerprint density at radius 3 is 2.55 bits per heavy atom. The average molecular weight is 302 g/mol. The second kappa shape index (κ2) is 7.71. The van der Waals surface area contributed by atoms with Crippen LogP contribution in [0.25, 0.3) is 0 Å². The van der Waals surface area contributed by atoms with E-state index in [9.17, 15) is 9.59 Å². The number of rotatable bonds is 4. The molecule has 0 radical (unpaired) electrons. The molecule has 22 heavy (non-hydrogen) atoms. The standard InChI is InChI=1S/C19H26O2.CH4/c1-12(2)7-5-6-8-15-10-9-13(3)17-16(20)11-14(4)19(21)18(15)17;/h7,11,13,15H,5-6,8-10H2,1-4H3;1H4/t13-,15-;/m1./s1. The minimum atomic E-state index is 0. The van der Waals surface area contributed by atoms with E-state index in [0.717, 1.165) is 43.3 Å². The van der Waals surface area contributed by atoms with Gasteiger partial charge in [0.2, 0.25) is 0 Å². The first-order valence-electron chi connectivity index (χ1n) is 8.06. The molecule has 122 valence electrons. The largest absolute Gasteiger partial charge is 0.290 e. The maximum absolute atomic E-state index is 12.5. The van der Waals surface area contributed by atoms with Gasteiger partial charge in [0.1, 0.15) is 0 Å². The fourth-order valence-corrected chi connectivity index (χ4v) is 3.50. The molecule has 0 aromatic carbocycles. The minimum Gasteiger partial charge on any atom is -0.290 e. The molecule has 0 aromatic rings. The molecule has 0 saturated carbocycles. The summed E-state index contributed by atoms with van der Waals surface area (Å²) in [5, 5.41) is 0. The van der Waals surface area contributed by atoms with E-state index in [1.54, 1.807) is 6.92 Å². The van der Waals surface area contributed by atoms with Crippen molar-refractivity contribution in [2.75, 3.05) is 0 Å². The smallest absolute Gasteiger partial charge is 0.185 e. The molecule has 0 aliphatic heterocycles. The number of allylic oxidation sites excluding steroid dienone is 6. The molecule has 0 spiro atoms. The first kappa shape index (κ1) is 18.6. The fraction of sp³-hybridized carbons (Fsp3) is 0.600. The third kappa shape index (κ3) is 3.85. The van der Waals surface area contributed by atoms with E-state index in [0.29, 0.717) is 5.57 Å². The van der Waals surface area contributed by atoms with Crippen molar-refractivity contribution in [2.45, 2.75) is 67.2 Å². The molecule has 0 aromatic heterocycles. The summed E-state index contributed by atoms with van der Waals surface area (Å²) in [6.07, 6.45) is 9.02. The summed E-state index contributed by atoms with van der Waals surface area (Å²) in [7, 11) is 0. The van der Waals surface area contributed by atoms with Crippen molar-refractivity contribution in [1.29, 1.82) is 0 Å². The molecule has 2 aliphatic rings. The summed E-state index contributed by atoms with van der Waals surface area (Å²) >= 11 is 0. The Morgan fingerprint density at radius 1 is 1.23 bits per heavy atom. The van der Waals surface area contributed by atoms with Crippen molar-refractivity contribution in [3.63, 3.8) is 0 Å². The monoisotopic (exact) mass is 302 g/mol. The van der Waals surface area contributed by atoms with Crippen LogP contribution in [0.1, 0.15) is 67.2 Å². The van der Waals surface area contributed by atoms with Gasteiger partial charge in [-0.2, -0.15) is 0 Å². The lowest BCUT2D eigenvalue weighted by molar-refractivity contribution is -0.117. The van der Waals surface area contributed by atoms with Crippen molar-refractivity contribution < 1.29 is 9.59 Å². The van der Waals surface area contributed by atoms with Crippen LogP contribution >= 0.6 is 0 Å². The van der Waals surface area contributed by atoms with Gasteiger partial charge in [0.15, 0.2) is 11.6 Å². The molecule has 0 amide bonds. The molecule has 0 saturated heterocycles. The lowest BCUT2D eigenvalue weighted by Gasteiger charge is -2.33. The highest BCUT2D eigenvalue weighted by Gasteiger charge is 2.36.